The molecule has 2 aromatic carbocycles. The van der Waals surface area contributed by atoms with Crippen molar-refractivity contribution < 1.29 is 22.7 Å². The van der Waals surface area contributed by atoms with E-state index in [0.29, 0.717) is 50.6 Å². The first-order chi connectivity index (χ1) is 15.8. The smallest absolute Gasteiger partial charge is 0.261 e. The molecule has 1 fully saturated rings. The molecule has 0 bridgehead atoms. The number of fused-ring (bicyclic) bond motifs is 1. The van der Waals surface area contributed by atoms with Crippen LogP contribution in [-0.4, -0.2) is 58.0 Å². The fourth-order valence-corrected chi connectivity index (χ4v) is 5.55. The van der Waals surface area contributed by atoms with Crippen molar-refractivity contribution in [3.8, 4) is 0 Å². The van der Waals surface area contributed by atoms with Crippen LogP contribution in [0.5, 0.6) is 0 Å². The second-order valence-corrected chi connectivity index (χ2v) is 10.1. The molecule has 0 unspecified atom stereocenters. The van der Waals surface area contributed by atoms with E-state index in [9.17, 15) is 18.0 Å². The van der Waals surface area contributed by atoms with E-state index in [1.807, 2.05) is 32.0 Å². The number of anilines is 2. The zero-order valence-electron chi connectivity index (χ0n) is 19.0. The highest BCUT2D eigenvalue weighted by molar-refractivity contribution is 7.92. The molecule has 0 saturated carbocycles. The Morgan fingerprint density at radius 2 is 1.64 bits per heavy atom. The average Bonchev–Trinajstić information content (AvgIpc) is 3.24. The number of para-hydroxylation sites is 1. The van der Waals surface area contributed by atoms with E-state index in [2.05, 4.69) is 4.72 Å². The number of nitrogens with zero attached hydrogens (tertiary/aromatic N) is 2. The van der Waals surface area contributed by atoms with Crippen LogP contribution in [0.3, 0.4) is 0 Å². The van der Waals surface area contributed by atoms with Crippen molar-refractivity contribution in [3.05, 3.63) is 53.1 Å². The van der Waals surface area contributed by atoms with Crippen LogP contribution in [0, 0.1) is 13.8 Å². The first-order valence-corrected chi connectivity index (χ1v) is 12.6. The van der Waals surface area contributed by atoms with Crippen molar-refractivity contribution in [2.75, 3.05) is 42.5 Å². The number of amides is 2. The number of nitrogens with one attached hydrogen (secondary N) is 1. The van der Waals surface area contributed by atoms with E-state index in [-0.39, 0.29) is 29.6 Å². The van der Waals surface area contributed by atoms with E-state index in [1.165, 1.54) is 6.07 Å². The third-order valence-electron chi connectivity index (χ3n) is 6.19. The number of sulfonamides is 1. The molecule has 1 saturated heterocycles. The molecule has 9 heteroatoms. The lowest BCUT2D eigenvalue weighted by atomic mass is 10.1. The fourth-order valence-electron chi connectivity index (χ4n) is 4.29. The second kappa shape index (κ2) is 9.52. The normalized spacial score (nSPS) is 15.9. The van der Waals surface area contributed by atoms with Crippen molar-refractivity contribution in [2.45, 2.75) is 38.0 Å². The SMILES string of the molecule is Cc1cccc(C)c1NS(=O)(=O)c1ccc2c(c1)CCN2C(=O)CCC(=O)N1CCOCC1. The van der Waals surface area contributed by atoms with E-state index in [0.717, 1.165) is 16.7 Å². The number of carbonyl (C=O) groups excluding carboxylic acids is 2. The van der Waals surface area contributed by atoms with Gasteiger partial charge in [0, 0.05) is 38.2 Å². The van der Waals surface area contributed by atoms with Crippen molar-refractivity contribution in [2.24, 2.45) is 0 Å². The van der Waals surface area contributed by atoms with E-state index >= 15 is 0 Å². The van der Waals surface area contributed by atoms with Gasteiger partial charge in [-0.3, -0.25) is 14.3 Å². The summed E-state index contributed by atoms with van der Waals surface area (Å²) in [5, 5.41) is 0. The lowest BCUT2D eigenvalue weighted by Crippen LogP contribution is -2.41. The Hall–Kier alpha value is -2.91. The molecule has 1 N–H and O–H groups in total. The van der Waals surface area contributed by atoms with Gasteiger partial charge in [0.2, 0.25) is 11.8 Å². The number of rotatable bonds is 6. The van der Waals surface area contributed by atoms with Crippen LogP contribution in [0.2, 0.25) is 0 Å². The Kier molecular flexibility index (Phi) is 6.71. The molecule has 2 aromatic rings. The van der Waals surface area contributed by atoms with Crippen LogP contribution < -0.4 is 9.62 Å². The molecule has 2 aliphatic heterocycles. The standard InChI is InChI=1S/C24H29N3O5S/c1-17-4-3-5-18(2)24(17)25-33(30,31)20-6-7-21-19(16-20)10-11-27(21)23(29)9-8-22(28)26-12-14-32-15-13-26/h3-7,16,25H,8-15H2,1-2H3. The highest BCUT2D eigenvalue weighted by atomic mass is 32.2. The molecule has 8 nitrogen and oxygen atoms in total. The highest BCUT2D eigenvalue weighted by Gasteiger charge is 2.28. The summed E-state index contributed by atoms with van der Waals surface area (Å²) >= 11 is 0. The molecule has 0 aliphatic carbocycles. The zero-order valence-corrected chi connectivity index (χ0v) is 19.8. The predicted octanol–water partition coefficient (Wildman–Crippen LogP) is 2.63. The van der Waals surface area contributed by atoms with Crippen molar-refractivity contribution in [1.29, 1.82) is 0 Å². The topological polar surface area (TPSA) is 96.0 Å². The number of aryl methyl sites for hydroxylation is 2. The molecule has 2 aliphatic rings. The van der Waals surface area contributed by atoms with Gasteiger partial charge in [-0.05, 0) is 55.2 Å². The van der Waals surface area contributed by atoms with Crippen LogP contribution >= 0.6 is 0 Å². The summed E-state index contributed by atoms with van der Waals surface area (Å²) in [6, 6.07) is 10.5. The van der Waals surface area contributed by atoms with Crippen molar-refractivity contribution in [1.82, 2.24) is 4.90 Å². The molecule has 2 heterocycles. The number of hydrogen-bond donors (Lipinski definition) is 1. The van der Waals surface area contributed by atoms with Gasteiger partial charge in [-0.25, -0.2) is 8.42 Å². The van der Waals surface area contributed by atoms with Gasteiger partial charge in [0.05, 0.1) is 23.8 Å². The highest BCUT2D eigenvalue weighted by Crippen LogP contribution is 2.32. The minimum atomic E-state index is -3.77. The molecule has 0 spiro atoms. The summed E-state index contributed by atoms with van der Waals surface area (Å²) in [7, 11) is -3.77. The van der Waals surface area contributed by atoms with Gasteiger partial charge in [0.15, 0.2) is 0 Å². The van der Waals surface area contributed by atoms with Gasteiger partial charge < -0.3 is 14.5 Å². The largest absolute Gasteiger partial charge is 0.378 e. The lowest BCUT2D eigenvalue weighted by molar-refractivity contribution is -0.136. The first-order valence-electron chi connectivity index (χ1n) is 11.1. The molecule has 33 heavy (non-hydrogen) atoms. The summed E-state index contributed by atoms with van der Waals surface area (Å²) in [6.07, 6.45) is 0.867. The Balaban J connectivity index is 1.44. The van der Waals surface area contributed by atoms with Gasteiger partial charge >= 0.3 is 0 Å². The van der Waals surface area contributed by atoms with E-state index < -0.39 is 10.0 Å². The quantitative estimate of drug-likeness (QED) is 0.699. The molecular formula is C24H29N3O5S. The van der Waals surface area contributed by atoms with Gasteiger partial charge in [0.25, 0.3) is 10.0 Å². The zero-order chi connectivity index (χ0) is 23.6. The maximum atomic E-state index is 13.0. The summed E-state index contributed by atoms with van der Waals surface area (Å²) in [5.74, 6) is -0.162. The van der Waals surface area contributed by atoms with Crippen LogP contribution in [0.15, 0.2) is 41.3 Å². The van der Waals surface area contributed by atoms with Crippen LogP contribution in [0.4, 0.5) is 11.4 Å². The Bertz CT molecular complexity index is 1150. The summed E-state index contributed by atoms with van der Waals surface area (Å²) in [4.78, 5) is 28.7. The summed E-state index contributed by atoms with van der Waals surface area (Å²) < 4.78 is 34.0. The first kappa shape index (κ1) is 23.3. The van der Waals surface area contributed by atoms with Gasteiger partial charge in [-0.15, -0.1) is 0 Å². The average molecular weight is 472 g/mol. The van der Waals surface area contributed by atoms with Crippen molar-refractivity contribution >= 4 is 33.2 Å². The molecule has 4 rings (SSSR count). The molecule has 0 aromatic heterocycles. The van der Waals surface area contributed by atoms with E-state index in [1.54, 1.807) is 21.9 Å². The number of benzene rings is 2. The predicted molar refractivity (Wildman–Crippen MR) is 126 cm³/mol. The fraction of sp³-hybridized carbons (Fsp3) is 0.417. The van der Waals surface area contributed by atoms with Gasteiger partial charge in [0.1, 0.15) is 0 Å². The monoisotopic (exact) mass is 471 g/mol. The third-order valence-corrected chi connectivity index (χ3v) is 7.54. The molecular weight excluding hydrogens is 442 g/mol. The number of carbonyl (C=O) groups is 2. The number of ether oxygens (including phenoxy) is 1. The van der Waals surface area contributed by atoms with Gasteiger partial charge in [-0.2, -0.15) is 0 Å². The Labute approximate surface area is 194 Å². The minimum absolute atomic E-state index is 0.0370. The maximum absolute atomic E-state index is 13.0. The van der Waals surface area contributed by atoms with Crippen molar-refractivity contribution in [3.63, 3.8) is 0 Å². The third kappa shape index (κ3) is 5.04. The Morgan fingerprint density at radius 3 is 2.33 bits per heavy atom. The minimum Gasteiger partial charge on any atom is -0.378 e. The van der Waals surface area contributed by atoms with Crippen LogP contribution in [-0.2, 0) is 30.8 Å². The summed E-state index contributed by atoms with van der Waals surface area (Å²) in [5.41, 5.74) is 3.81. The maximum Gasteiger partial charge on any atom is 0.261 e. The molecule has 176 valence electrons. The van der Waals surface area contributed by atoms with Gasteiger partial charge in [-0.1, -0.05) is 18.2 Å². The van der Waals surface area contributed by atoms with E-state index in [4.69, 9.17) is 4.74 Å². The molecule has 0 atom stereocenters. The lowest BCUT2D eigenvalue weighted by Gasteiger charge is -2.27. The number of morpholine rings is 1. The summed E-state index contributed by atoms with van der Waals surface area (Å²) in [6.45, 7) is 6.39. The second-order valence-electron chi connectivity index (χ2n) is 8.45. The molecule has 2 amide bonds. The van der Waals surface area contributed by atoms with Crippen LogP contribution in [0.1, 0.15) is 29.5 Å². The molecule has 0 radical (unpaired) electrons. The Morgan fingerprint density at radius 1 is 0.970 bits per heavy atom. The van der Waals surface area contributed by atoms with Crippen LogP contribution in [0.25, 0.3) is 0 Å². The number of hydrogen-bond acceptors (Lipinski definition) is 5.